The highest BCUT2D eigenvalue weighted by molar-refractivity contribution is 5.92. The van der Waals surface area contributed by atoms with Gasteiger partial charge in [0.15, 0.2) is 0 Å². The van der Waals surface area contributed by atoms with Crippen LogP contribution in [0.3, 0.4) is 0 Å². The molecule has 0 amide bonds. The number of allylic oxidation sites excluding steroid dienone is 1. The molecule has 4 N–H and O–H groups in total. The number of nitrogens with one attached hydrogen (secondary N) is 1. The number of nitrogens with zero attached hydrogens (tertiary/aromatic N) is 1. The summed E-state index contributed by atoms with van der Waals surface area (Å²) in [6, 6.07) is 15.0. The van der Waals surface area contributed by atoms with Gasteiger partial charge in [0, 0.05) is 23.7 Å². The minimum absolute atomic E-state index is 0.000442. The van der Waals surface area contributed by atoms with E-state index in [2.05, 4.69) is 17.2 Å². The van der Waals surface area contributed by atoms with Gasteiger partial charge in [-0.25, -0.2) is 4.39 Å². The summed E-state index contributed by atoms with van der Waals surface area (Å²) in [6.45, 7) is 3.88. The molecule has 1 heterocycles. The monoisotopic (exact) mass is 409 g/mol. The number of aliphatic hydroxyl groups excluding tert-OH is 1. The first kappa shape index (κ1) is 21.7. The molecule has 1 aliphatic heterocycles. The molecule has 0 aromatic heterocycles. The van der Waals surface area contributed by atoms with Crippen molar-refractivity contribution in [2.24, 2.45) is 10.7 Å². The van der Waals surface area contributed by atoms with Crippen molar-refractivity contribution < 1.29 is 14.2 Å². The zero-order valence-electron chi connectivity index (χ0n) is 17.1. The molecule has 1 atom stereocenters. The molecule has 2 aromatic carbocycles. The number of halogens is 1. The molecule has 6 heteroatoms. The molecule has 0 radical (unpaired) electrons. The van der Waals surface area contributed by atoms with Crippen molar-refractivity contribution in [1.29, 1.82) is 0 Å². The van der Waals surface area contributed by atoms with Gasteiger partial charge < -0.3 is 20.9 Å². The van der Waals surface area contributed by atoms with Gasteiger partial charge in [-0.15, -0.1) is 0 Å². The molecule has 0 bridgehead atoms. The molecular formula is C24H28FN3O2. The maximum atomic E-state index is 14.7. The van der Waals surface area contributed by atoms with E-state index in [0.29, 0.717) is 37.7 Å². The second-order valence-electron chi connectivity index (χ2n) is 7.14. The van der Waals surface area contributed by atoms with E-state index in [9.17, 15) is 4.39 Å². The lowest BCUT2D eigenvalue weighted by Crippen LogP contribution is -2.15. The van der Waals surface area contributed by atoms with E-state index in [1.54, 1.807) is 6.07 Å². The molecule has 0 fully saturated rings. The molecule has 0 spiro atoms. The van der Waals surface area contributed by atoms with Gasteiger partial charge in [-0.05, 0) is 34.9 Å². The average Bonchev–Trinajstić information content (AvgIpc) is 3.22. The first-order chi connectivity index (χ1) is 14.6. The van der Waals surface area contributed by atoms with Crippen LogP contribution in [-0.2, 0) is 4.74 Å². The molecule has 5 nitrogen and oxygen atoms in total. The third-order valence-electron chi connectivity index (χ3n) is 4.98. The minimum Gasteiger partial charge on any atom is -0.394 e. The quantitative estimate of drug-likeness (QED) is 0.337. The summed E-state index contributed by atoms with van der Waals surface area (Å²) in [7, 11) is 0. The van der Waals surface area contributed by atoms with Crippen molar-refractivity contribution in [1.82, 2.24) is 5.32 Å². The molecule has 1 unspecified atom stereocenters. The Labute approximate surface area is 176 Å². The second-order valence-corrected chi connectivity index (χ2v) is 7.14. The number of aliphatic imine (C=N–C) groups is 1. The van der Waals surface area contributed by atoms with Crippen molar-refractivity contribution in [3.8, 4) is 11.1 Å². The van der Waals surface area contributed by atoms with Gasteiger partial charge in [0.05, 0.1) is 26.4 Å². The van der Waals surface area contributed by atoms with Gasteiger partial charge in [0.25, 0.3) is 0 Å². The van der Waals surface area contributed by atoms with Crippen molar-refractivity contribution in [2.45, 2.75) is 12.8 Å². The lowest BCUT2D eigenvalue weighted by atomic mass is 9.94. The summed E-state index contributed by atoms with van der Waals surface area (Å²) in [5, 5.41) is 12.0. The van der Waals surface area contributed by atoms with Gasteiger partial charge in [0.1, 0.15) is 11.7 Å². The van der Waals surface area contributed by atoms with Crippen molar-refractivity contribution >= 4 is 5.84 Å². The smallest absolute Gasteiger partial charge is 0.131 e. The van der Waals surface area contributed by atoms with Crippen LogP contribution in [0.2, 0.25) is 0 Å². The SMILES string of the molecule is CC(C1=CC(=CC(N)=NCCOCCO)CN1)c1ccc(-c2ccccc2)c(F)c1. The van der Waals surface area contributed by atoms with E-state index in [4.69, 9.17) is 15.6 Å². The van der Waals surface area contributed by atoms with E-state index in [1.807, 2.05) is 54.6 Å². The third-order valence-corrected chi connectivity index (χ3v) is 4.98. The molecule has 2 aromatic rings. The highest BCUT2D eigenvalue weighted by Gasteiger charge is 2.18. The van der Waals surface area contributed by atoms with E-state index in [0.717, 1.165) is 22.4 Å². The number of hydrogen-bond donors (Lipinski definition) is 3. The van der Waals surface area contributed by atoms with Crippen LogP contribution in [0.15, 0.2) is 76.9 Å². The molecule has 30 heavy (non-hydrogen) atoms. The van der Waals surface area contributed by atoms with Crippen LogP contribution in [0.4, 0.5) is 4.39 Å². The topological polar surface area (TPSA) is 79.9 Å². The predicted octanol–water partition coefficient (Wildman–Crippen LogP) is 3.38. The average molecular weight is 410 g/mol. The number of aliphatic hydroxyl groups is 1. The maximum absolute atomic E-state index is 14.7. The number of ether oxygens (including phenoxy) is 1. The summed E-state index contributed by atoms with van der Waals surface area (Å²) in [5.41, 5.74) is 10.4. The van der Waals surface area contributed by atoms with Crippen molar-refractivity contribution in [3.63, 3.8) is 0 Å². The van der Waals surface area contributed by atoms with E-state index in [-0.39, 0.29) is 18.3 Å². The van der Waals surface area contributed by atoms with Crippen LogP contribution in [0.25, 0.3) is 11.1 Å². The number of hydrogen-bond acceptors (Lipinski definition) is 4. The Hall–Kier alpha value is -2.96. The number of amidine groups is 1. The van der Waals surface area contributed by atoms with Crippen LogP contribution in [0.5, 0.6) is 0 Å². The molecule has 158 valence electrons. The first-order valence-corrected chi connectivity index (χ1v) is 10.1. The standard InChI is InChI=1S/C24H28FN3O2/c1-17(20-7-8-21(22(25)15-20)19-5-3-2-4-6-19)23-13-18(16-28-23)14-24(26)27-9-11-30-12-10-29/h2-8,13-15,17,28-29H,9-12,16H2,1H3,(H2,26,27). The molecule has 1 aliphatic rings. The summed E-state index contributed by atoms with van der Waals surface area (Å²) in [6.07, 6.45) is 3.87. The van der Waals surface area contributed by atoms with Gasteiger partial charge in [-0.2, -0.15) is 0 Å². The Morgan fingerprint density at radius 3 is 2.80 bits per heavy atom. The molecule has 0 saturated carbocycles. The van der Waals surface area contributed by atoms with Crippen LogP contribution in [0, 0.1) is 5.82 Å². The van der Waals surface area contributed by atoms with Crippen LogP contribution < -0.4 is 11.1 Å². The molecule has 3 rings (SSSR count). The van der Waals surface area contributed by atoms with Gasteiger partial charge in [-0.1, -0.05) is 49.4 Å². The normalized spacial score (nSPS) is 16.4. The van der Waals surface area contributed by atoms with E-state index >= 15 is 0 Å². The molecular weight excluding hydrogens is 381 g/mol. The number of nitrogens with two attached hydrogens (primary N) is 1. The number of rotatable bonds is 9. The third kappa shape index (κ3) is 5.78. The zero-order chi connectivity index (χ0) is 21.3. The Bertz CT molecular complexity index is 939. The fourth-order valence-corrected chi connectivity index (χ4v) is 3.35. The predicted molar refractivity (Wildman–Crippen MR) is 119 cm³/mol. The Kier molecular flexibility index (Phi) is 7.76. The van der Waals surface area contributed by atoms with Crippen molar-refractivity contribution in [3.05, 3.63) is 83.3 Å². The Morgan fingerprint density at radius 2 is 2.07 bits per heavy atom. The first-order valence-electron chi connectivity index (χ1n) is 10.1. The fourth-order valence-electron chi connectivity index (χ4n) is 3.35. The summed E-state index contributed by atoms with van der Waals surface area (Å²) < 4.78 is 19.9. The fraction of sp³-hybridized carbons (Fsp3) is 0.292. The highest BCUT2D eigenvalue weighted by Crippen LogP contribution is 2.30. The van der Waals surface area contributed by atoms with Gasteiger partial charge >= 0.3 is 0 Å². The largest absolute Gasteiger partial charge is 0.394 e. The lowest BCUT2D eigenvalue weighted by molar-refractivity contribution is 0.0978. The number of benzene rings is 2. The maximum Gasteiger partial charge on any atom is 0.131 e. The van der Waals surface area contributed by atoms with E-state index in [1.165, 1.54) is 0 Å². The Morgan fingerprint density at radius 1 is 1.27 bits per heavy atom. The summed E-state index contributed by atoms with van der Waals surface area (Å²) in [5.74, 6) is 0.239. The van der Waals surface area contributed by atoms with Crippen LogP contribution in [-0.4, -0.2) is 43.9 Å². The zero-order valence-corrected chi connectivity index (χ0v) is 17.1. The minimum atomic E-state index is -0.222. The lowest BCUT2D eigenvalue weighted by Gasteiger charge is -2.15. The summed E-state index contributed by atoms with van der Waals surface area (Å²) >= 11 is 0. The van der Waals surface area contributed by atoms with Crippen LogP contribution in [0.1, 0.15) is 18.4 Å². The molecule has 0 aliphatic carbocycles. The van der Waals surface area contributed by atoms with Crippen LogP contribution >= 0.6 is 0 Å². The second kappa shape index (κ2) is 10.7. The highest BCUT2D eigenvalue weighted by atomic mass is 19.1. The van der Waals surface area contributed by atoms with Gasteiger partial charge in [0.2, 0.25) is 0 Å². The van der Waals surface area contributed by atoms with E-state index < -0.39 is 0 Å². The summed E-state index contributed by atoms with van der Waals surface area (Å²) in [4.78, 5) is 4.24. The Balaban J connectivity index is 1.66. The molecule has 0 saturated heterocycles. The van der Waals surface area contributed by atoms with Gasteiger partial charge in [-0.3, -0.25) is 4.99 Å². The van der Waals surface area contributed by atoms with Crippen molar-refractivity contribution in [2.75, 3.05) is 32.9 Å².